The molecule has 1 N–H and O–H groups in total. The maximum absolute atomic E-state index is 12.7. The number of nitrogens with zero attached hydrogens (tertiary/aromatic N) is 2. The number of hydrogen-bond donors (Lipinski definition) is 1. The molecular formula is C12H17N3O5S. The van der Waals surface area contributed by atoms with Crippen LogP contribution in [0.1, 0.15) is 6.92 Å². The Balaban J connectivity index is 2.51. The Labute approximate surface area is 122 Å². The largest absolute Gasteiger partial charge is 0.497 e. The van der Waals surface area contributed by atoms with Crippen molar-refractivity contribution in [3.8, 4) is 5.75 Å². The van der Waals surface area contributed by atoms with Crippen molar-refractivity contribution < 1.29 is 18.1 Å². The van der Waals surface area contributed by atoms with Crippen molar-refractivity contribution in [1.82, 2.24) is 9.62 Å². The van der Waals surface area contributed by atoms with Crippen molar-refractivity contribution >= 4 is 15.7 Å². The lowest BCUT2D eigenvalue weighted by molar-refractivity contribution is -0.387. The number of rotatable bonds is 4. The molecule has 0 unspecified atom stereocenters. The maximum Gasteiger partial charge on any atom is 0.293 e. The number of hydrogen-bond acceptors (Lipinski definition) is 6. The van der Waals surface area contributed by atoms with Crippen LogP contribution in [0.4, 0.5) is 5.69 Å². The fraction of sp³-hybridized carbons (Fsp3) is 0.500. The van der Waals surface area contributed by atoms with Crippen LogP contribution < -0.4 is 10.1 Å². The Morgan fingerprint density at radius 2 is 2.19 bits per heavy atom. The number of nitrogens with one attached hydrogen (secondary N) is 1. The number of nitro benzene ring substituents is 1. The highest BCUT2D eigenvalue weighted by atomic mass is 32.2. The average molecular weight is 315 g/mol. The molecule has 2 rings (SSSR count). The second-order valence-electron chi connectivity index (χ2n) is 4.76. The zero-order valence-electron chi connectivity index (χ0n) is 11.8. The summed E-state index contributed by atoms with van der Waals surface area (Å²) >= 11 is 0. The van der Waals surface area contributed by atoms with Gasteiger partial charge in [0.05, 0.1) is 18.1 Å². The number of methoxy groups -OCH3 is 1. The minimum absolute atomic E-state index is 0.244. The molecule has 8 nitrogen and oxygen atoms in total. The van der Waals surface area contributed by atoms with Gasteiger partial charge in [-0.25, -0.2) is 8.42 Å². The highest BCUT2D eigenvalue weighted by Gasteiger charge is 2.35. The van der Waals surface area contributed by atoms with Gasteiger partial charge in [0.1, 0.15) is 5.75 Å². The summed E-state index contributed by atoms with van der Waals surface area (Å²) in [6.45, 7) is 3.09. The van der Waals surface area contributed by atoms with Crippen molar-refractivity contribution in [2.24, 2.45) is 0 Å². The molecule has 1 atom stereocenters. The zero-order valence-corrected chi connectivity index (χ0v) is 12.6. The van der Waals surface area contributed by atoms with Crippen LogP contribution in [0.15, 0.2) is 23.1 Å². The Morgan fingerprint density at radius 3 is 2.76 bits per heavy atom. The van der Waals surface area contributed by atoms with E-state index in [4.69, 9.17) is 4.74 Å². The Morgan fingerprint density at radius 1 is 1.48 bits per heavy atom. The van der Waals surface area contributed by atoms with Gasteiger partial charge in [-0.05, 0) is 19.1 Å². The molecule has 1 aromatic carbocycles. The summed E-state index contributed by atoms with van der Waals surface area (Å²) in [5.74, 6) is 0.244. The quantitative estimate of drug-likeness (QED) is 0.644. The summed E-state index contributed by atoms with van der Waals surface area (Å²) in [4.78, 5) is 10.1. The van der Waals surface area contributed by atoms with E-state index in [1.807, 2.05) is 0 Å². The lowest BCUT2D eigenvalue weighted by Crippen LogP contribution is -2.52. The molecule has 1 fully saturated rings. The lowest BCUT2D eigenvalue weighted by Gasteiger charge is -2.32. The average Bonchev–Trinajstić information content (AvgIpc) is 2.46. The minimum atomic E-state index is -3.92. The molecule has 0 amide bonds. The summed E-state index contributed by atoms with van der Waals surface area (Å²) in [6.07, 6.45) is 0. The first-order valence-electron chi connectivity index (χ1n) is 6.43. The van der Waals surface area contributed by atoms with E-state index in [1.165, 1.54) is 23.5 Å². The molecule has 0 spiro atoms. The number of nitro groups is 1. The molecule has 0 aromatic heterocycles. The summed E-state index contributed by atoms with van der Waals surface area (Å²) < 4.78 is 31.6. The molecule has 0 bridgehead atoms. The van der Waals surface area contributed by atoms with Gasteiger partial charge in [0.2, 0.25) is 10.0 Å². The number of piperazine rings is 1. The molecule has 0 radical (unpaired) electrons. The second kappa shape index (κ2) is 5.96. The molecule has 0 aliphatic carbocycles. The van der Waals surface area contributed by atoms with Gasteiger partial charge in [0.15, 0.2) is 4.90 Å². The molecule has 1 saturated heterocycles. The van der Waals surface area contributed by atoms with Crippen molar-refractivity contribution in [3.05, 3.63) is 28.3 Å². The van der Waals surface area contributed by atoms with Crippen LogP contribution in [0, 0.1) is 10.1 Å². The van der Waals surface area contributed by atoms with Crippen LogP contribution in [-0.2, 0) is 10.0 Å². The van der Waals surface area contributed by atoms with Gasteiger partial charge in [-0.15, -0.1) is 0 Å². The van der Waals surface area contributed by atoms with E-state index in [0.29, 0.717) is 13.1 Å². The normalized spacial score (nSPS) is 20.2. The summed E-state index contributed by atoms with van der Waals surface area (Å²) in [5, 5.41) is 14.2. The van der Waals surface area contributed by atoms with Crippen LogP contribution in [0.5, 0.6) is 5.75 Å². The third-order valence-electron chi connectivity index (χ3n) is 3.39. The zero-order chi connectivity index (χ0) is 15.6. The number of ether oxygens (including phenoxy) is 1. The predicted octanol–water partition coefficient (Wildman–Crippen LogP) is 0.586. The van der Waals surface area contributed by atoms with Gasteiger partial charge in [0, 0.05) is 25.7 Å². The van der Waals surface area contributed by atoms with Crippen molar-refractivity contribution in [3.63, 3.8) is 0 Å². The van der Waals surface area contributed by atoms with Gasteiger partial charge in [-0.1, -0.05) is 0 Å². The van der Waals surface area contributed by atoms with E-state index in [1.54, 1.807) is 6.92 Å². The number of benzene rings is 1. The third kappa shape index (κ3) is 2.99. The van der Waals surface area contributed by atoms with Crippen LogP contribution >= 0.6 is 0 Å². The SMILES string of the molecule is COc1ccc(S(=O)(=O)N2CCNC[C@@H]2C)c([N+](=O)[O-])c1. The van der Waals surface area contributed by atoms with Crippen LogP contribution in [0.2, 0.25) is 0 Å². The van der Waals surface area contributed by atoms with E-state index in [-0.39, 0.29) is 23.2 Å². The first-order valence-corrected chi connectivity index (χ1v) is 7.87. The highest BCUT2D eigenvalue weighted by molar-refractivity contribution is 7.89. The Bertz CT molecular complexity index is 646. The summed E-state index contributed by atoms with van der Waals surface area (Å²) in [6, 6.07) is 3.50. The Hall–Kier alpha value is -1.71. The summed E-state index contributed by atoms with van der Waals surface area (Å²) in [7, 11) is -2.55. The van der Waals surface area contributed by atoms with E-state index in [2.05, 4.69) is 5.32 Å². The van der Waals surface area contributed by atoms with Crippen LogP contribution in [-0.4, -0.2) is 50.4 Å². The molecule has 1 aliphatic rings. The molecular weight excluding hydrogens is 298 g/mol. The monoisotopic (exact) mass is 315 g/mol. The van der Waals surface area contributed by atoms with Crippen molar-refractivity contribution in [2.75, 3.05) is 26.7 Å². The molecule has 21 heavy (non-hydrogen) atoms. The smallest absolute Gasteiger partial charge is 0.293 e. The van der Waals surface area contributed by atoms with E-state index in [9.17, 15) is 18.5 Å². The third-order valence-corrected chi connectivity index (χ3v) is 5.45. The maximum atomic E-state index is 12.7. The van der Waals surface area contributed by atoms with E-state index < -0.39 is 20.6 Å². The highest BCUT2D eigenvalue weighted by Crippen LogP contribution is 2.31. The fourth-order valence-electron chi connectivity index (χ4n) is 2.29. The first-order chi connectivity index (χ1) is 9.87. The Kier molecular flexibility index (Phi) is 4.45. The molecule has 9 heteroatoms. The summed E-state index contributed by atoms with van der Waals surface area (Å²) in [5.41, 5.74) is -0.472. The van der Waals surface area contributed by atoms with Gasteiger partial charge in [-0.2, -0.15) is 4.31 Å². The van der Waals surface area contributed by atoms with Gasteiger partial charge >= 0.3 is 0 Å². The molecule has 116 valence electrons. The lowest BCUT2D eigenvalue weighted by atomic mass is 10.3. The molecule has 1 heterocycles. The van der Waals surface area contributed by atoms with Crippen molar-refractivity contribution in [2.45, 2.75) is 17.9 Å². The molecule has 1 aromatic rings. The van der Waals surface area contributed by atoms with E-state index >= 15 is 0 Å². The first kappa shape index (κ1) is 15.7. The number of sulfonamides is 1. The predicted molar refractivity (Wildman–Crippen MR) is 75.9 cm³/mol. The van der Waals surface area contributed by atoms with Crippen molar-refractivity contribution in [1.29, 1.82) is 0 Å². The molecule has 0 saturated carbocycles. The topological polar surface area (TPSA) is 102 Å². The van der Waals surface area contributed by atoms with Gasteiger partial charge < -0.3 is 10.1 Å². The fourth-order valence-corrected chi connectivity index (χ4v) is 4.06. The molecule has 1 aliphatic heterocycles. The van der Waals surface area contributed by atoms with Crippen LogP contribution in [0.25, 0.3) is 0 Å². The minimum Gasteiger partial charge on any atom is -0.497 e. The van der Waals surface area contributed by atoms with E-state index in [0.717, 1.165) is 6.07 Å². The van der Waals surface area contributed by atoms with Gasteiger partial charge in [0.25, 0.3) is 5.69 Å². The second-order valence-corrected chi connectivity index (χ2v) is 6.62. The standard InChI is InChI=1S/C12H17N3O5S/c1-9-8-13-5-6-14(9)21(18,19)12-4-3-10(20-2)7-11(12)15(16)17/h3-4,7,9,13H,5-6,8H2,1-2H3/t9-/m0/s1. The van der Waals surface area contributed by atoms with Gasteiger partial charge in [-0.3, -0.25) is 10.1 Å². The van der Waals surface area contributed by atoms with Crippen LogP contribution in [0.3, 0.4) is 0 Å².